The summed E-state index contributed by atoms with van der Waals surface area (Å²) in [4.78, 5) is 47.4. The van der Waals surface area contributed by atoms with Gasteiger partial charge in [0.15, 0.2) is 12.2 Å². The maximum absolute atomic E-state index is 12.0. The molecule has 0 saturated carbocycles. The van der Waals surface area contributed by atoms with Crippen molar-refractivity contribution in [2.75, 3.05) is 6.61 Å². The number of esters is 4. The van der Waals surface area contributed by atoms with Crippen molar-refractivity contribution >= 4 is 23.9 Å². The SMILES string of the molecule is CC(=O)O[C@H]1[C@H](OC(C)=O)[C@@H](CO)O[C@@](OC(C)=O)(c2ccccc2)[C@@H]1OC(C)=O. The molecule has 0 unspecified atom stereocenters. The molecule has 0 amide bonds. The molecule has 1 aromatic carbocycles. The van der Waals surface area contributed by atoms with Gasteiger partial charge in [-0.15, -0.1) is 0 Å². The number of aliphatic hydroxyl groups is 1. The summed E-state index contributed by atoms with van der Waals surface area (Å²) in [6, 6.07) is 8.04. The highest BCUT2D eigenvalue weighted by atomic mass is 16.8. The van der Waals surface area contributed by atoms with Crippen LogP contribution >= 0.6 is 0 Å². The molecule has 1 fully saturated rings. The van der Waals surface area contributed by atoms with Crippen LogP contribution in [0, 0.1) is 0 Å². The van der Waals surface area contributed by atoms with Gasteiger partial charge in [-0.1, -0.05) is 30.3 Å². The van der Waals surface area contributed by atoms with Crippen LogP contribution in [-0.4, -0.2) is 60.0 Å². The van der Waals surface area contributed by atoms with E-state index in [1.807, 2.05) is 0 Å². The van der Waals surface area contributed by atoms with E-state index >= 15 is 0 Å². The van der Waals surface area contributed by atoms with Crippen molar-refractivity contribution in [2.45, 2.75) is 57.9 Å². The molecule has 2 rings (SSSR count). The zero-order valence-corrected chi connectivity index (χ0v) is 17.0. The van der Waals surface area contributed by atoms with Gasteiger partial charge >= 0.3 is 23.9 Å². The van der Waals surface area contributed by atoms with Gasteiger partial charge in [-0.2, -0.15) is 0 Å². The number of benzene rings is 1. The molecular formula is C20H24O10. The third kappa shape index (κ3) is 5.14. The Hall–Kier alpha value is -2.98. The molecule has 1 aromatic rings. The molecule has 1 aliphatic rings. The molecule has 0 radical (unpaired) electrons. The summed E-state index contributed by atoms with van der Waals surface area (Å²) in [5, 5.41) is 9.90. The predicted octanol–water partition coefficient (Wildman–Crippen LogP) is 0.589. The molecule has 5 atom stereocenters. The molecule has 0 aromatic heterocycles. The van der Waals surface area contributed by atoms with Crippen molar-refractivity contribution in [1.29, 1.82) is 0 Å². The van der Waals surface area contributed by atoms with Gasteiger partial charge in [0.25, 0.3) is 5.79 Å². The first-order chi connectivity index (χ1) is 14.1. The van der Waals surface area contributed by atoms with Gasteiger partial charge < -0.3 is 28.8 Å². The molecule has 30 heavy (non-hydrogen) atoms. The first kappa shape index (κ1) is 23.3. The minimum atomic E-state index is -2.08. The van der Waals surface area contributed by atoms with Gasteiger partial charge in [0.1, 0.15) is 6.10 Å². The summed E-state index contributed by atoms with van der Waals surface area (Å²) in [5.74, 6) is -5.20. The van der Waals surface area contributed by atoms with E-state index in [0.717, 1.165) is 27.7 Å². The van der Waals surface area contributed by atoms with Gasteiger partial charge in [-0.25, -0.2) is 0 Å². The molecule has 0 spiro atoms. The van der Waals surface area contributed by atoms with Crippen molar-refractivity contribution in [1.82, 2.24) is 0 Å². The molecule has 1 aliphatic heterocycles. The molecule has 164 valence electrons. The summed E-state index contributed by atoms with van der Waals surface area (Å²) in [6.07, 6.45) is -5.60. The van der Waals surface area contributed by atoms with Gasteiger partial charge in [0.05, 0.1) is 6.61 Å². The van der Waals surface area contributed by atoms with Crippen molar-refractivity contribution in [3.05, 3.63) is 35.9 Å². The van der Waals surface area contributed by atoms with Crippen LogP contribution in [0.25, 0.3) is 0 Å². The van der Waals surface area contributed by atoms with E-state index in [-0.39, 0.29) is 5.56 Å². The first-order valence-corrected chi connectivity index (χ1v) is 9.16. The Labute approximate surface area is 173 Å². The van der Waals surface area contributed by atoms with Gasteiger partial charge in [0.2, 0.25) is 6.10 Å². The molecule has 1 saturated heterocycles. The lowest BCUT2D eigenvalue weighted by atomic mass is 9.87. The van der Waals surface area contributed by atoms with Crippen molar-refractivity contribution in [3.8, 4) is 0 Å². The van der Waals surface area contributed by atoms with E-state index in [0.29, 0.717) is 0 Å². The zero-order chi connectivity index (χ0) is 22.5. The third-order valence-electron chi connectivity index (χ3n) is 4.24. The molecule has 0 bridgehead atoms. The number of ether oxygens (including phenoxy) is 5. The fourth-order valence-electron chi connectivity index (χ4n) is 3.34. The topological polar surface area (TPSA) is 135 Å². The fraction of sp³-hybridized carbons (Fsp3) is 0.500. The van der Waals surface area contributed by atoms with Gasteiger partial charge in [-0.05, 0) is 0 Å². The second kappa shape index (κ2) is 9.68. The Kier molecular flexibility index (Phi) is 7.52. The second-order valence-corrected chi connectivity index (χ2v) is 6.64. The van der Waals surface area contributed by atoms with Crippen LogP contribution < -0.4 is 0 Å². The highest BCUT2D eigenvalue weighted by Gasteiger charge is 2.62. The average Bonchev–Trinajstić information content (AvgIpc) is 2.65. The number of carbonyl (C=O) groups excluding carboxylic acids is 4. The minimum absolute atomic E-state index is 0.253. The quantitative estimate of drug-likeness (QED) is 0.510. The van der Waals surface area contributed by atoms with E-state index in [9.17, 15) is 24.3 Å². The van der Waals surface area contributed by atoms with Crippen LogP contribution in [0.15, 0.2) is 30.3 Å². The van der Waals surface area contributed by atoms with E-state index in [1.165, 1.54) is 0 Å². The summed E-state index contributed by atoms with van der Waals surface area (Å²) < 4.78 is 27.4. The first-order valence-electron chi connectivity index (χ1n) is 9.16. The standard InChI is InChI=1S/C20H24O10/c1-11(22)26-17-16(10-21)30-20(29-14(4)25,15-8-6-5-7-9-15)19(28-13(3)24)18(17)27-12(2)23/h5-9,16-19,21H,10H2,1-4H3/t16-,17-,18+,19-,20+/m1/s1. The second-order valence-electron chi connectivity index (χ2n) is 6.64. The lowest BCUT2D eigenvalue weighted by Crippen LogP contribution is -2.67. The number of aliphatic hydroxyl groups excluding tert-OH is 1. The maximum Gasteiger partial charge on any atom is 0.305 e. The molecule has 10 nitrogen and oxygen atoms in total. The van der Waals surface area contributed by atoms with Crippen molar-refractivity contribution < 1.29 is 48.0 Å². The van der Waals surface area contributed by atoms with Crippen LogP contribution in [0.5, 0.6) is 0 Å². The van der Waals surface area contributed by atoms with Crippen LogP contribution in [-0.2, 0) is 48.6 Å². The van der Waals surface area contributed by atoms with E-state index in [1.54, 1.807) is 30.3 Å². The largest absolute Gasteiger partial charge is 0.456 e. The van der Waals surface area contributed by atoms with E-state index in [4.69, 9.17) is 23.7 Å². The summed E-state index contributed by atoms with van der Waals surface area (Å²) in [6.45, 7) is 3.76. The Balaban J connectivity index is 2.73. The Bertz CT molecular complexity index is 792. The van der Waals surface area contributed by atoms with Crippen LogP contribution in [0.3, 0.4) is 0 Å². The number of hydrogen-bond donors (Lipinski definition) is 1. The van der Waals surface area contributed by atoms with Crippen LogP contribution in [0.1, 0.15) is 33.3 Å². The minimum Gasteiger partial charge on any atom is -0.456 e. The van der Waals surface area contributed by atoms with Crippen molar-refractivity contribution in [3.63, 3.8) is 0 Å². The Morgan fingerprint density at radius 3 is 1.87 bits per heavy atom. The highest BCUT2D eigenvalue weighted by Crippen LogP contribution is 2.43. The molecule has 1 N–H and O–H groups in total. The van der Waals surface area contributed by atoms with E-state index < -0.39 is 60.7 Å². The number of carbonyl (C=O) groups is 4. The summed E-state index contributed by atoms with van der Waals surface area (Å²) in [5.41, 5.74) is 0.253. The lowest BCUT2D eigenvalue weighted by Gasteiger charge is -2.50. The molecule has 10 heteroatoms. The summed E-state index contributed by atoms with van der Waals surface area (Å²) in [7, 11) is 0. The van der Waals surface area contributed by atoms with E-state index in [2.05, 4.69) is 0 Å². The van der Waals surface area contributed by atoms with Crippen LogP contribution in [0.4, 0.5) is 0 Å². The Morgan fingerprint density at radius 2 is 1.40 bits per heavy atom. The monoisotopic (exact) mass is 424 g/mol. The molecule has 1 heterocycles. The Morgan fingerprint density at radius 1 is 0.867 bits per heavy atom. The fourth-order valence-corrected chi connectivity index (χ4v) is 3.34. The highest BCUT2D eigenvalue weighted by molar-refractivity contribution is 5.69. The molecule has 0 aliphatic carbocycles. The average molecular weight is 424 g/mol. The summed E-state index contributed by atoms with van der Waals surface area (Å²) >= 11 is 0. The van der Waals surface area contributed by atoms with Gasteiger partial charge in [-0.3, -0.25) is 19.2 Å². The van der Waals surface area contributed by atoms with Crippen molar-refractivity contribution in [2.24, 2.45) is 0 Å². The smallest absolute Gasteiger partial charge is 0.305 e. The zero-order valence-electron chi connectivity index (χ0n) is 17.0. The van der Waals surface area contributed by atoms with Crippen LogP contribution in [0.2, 0.25) is 0 Å². The normalized spacial score (nSPS) is 28.2. The lowest BCUT2D eigenvalue weighted by molar-refractivity contribution is -0.361. The number of rotatable bonds is 6. The third-order valence-corrected chi connectivity index (χ3v) is 4.24. The predicted molar refractivity (Wildman–Crippen MR) is 98.5 cm³/mol. The number of hydrogen-bond acceptors (Lipinski definition) is 10. The molecular weight excluding hydrogens is 400 g/mol. The maximum atomic E-state index is 12.0. The van der Waals surface area contributed by atoms with Gasteiger partial charge in [0, 0.05) is 33.3 Å².